The molecule has 1 aromatic rings. The minimum atomic E-state index is -1.50. The molecule has 1 saturated heterocycles. The summed E-state index contributed by atoms with van der Waals surface area (Å²) in [4.78, 5) is 36.5. The van der Waals surface area contributed by atoms with Gasteiger partial charge < -0.3 is 9.31 Å². The SMILES string of the molecule is CN1CC(=O)OB(C(=O)c2ccccc2)OC(=O)C1. The highest BCUT2D eigenvalue weighted by Gasteiger charge is 2.39. The Kier molecular flexibility index (Phi) is 3.96. The first-order valence-corrected chi connectivity index (χ1v) is 5.73. The molecule has 0 unspecified atom stereocenters. The Morgan fingerprint density at radius 2 is 1.63 bits per heavy atom. The van der Waals surface area contributed by atoms with Crippen LogP contribution in [0.25, 0.3) is 0 Å². The van der Waals surface area contributed by atoms with Gasteiger partial charge in [0.2, 0.25) is 5.68 Å². The fraction of sp³-hybridized carbons (Fsp3) is 0.250. The quantitative estimate of drug-likeness (QED) is 0.694. The lowest BCUT2D eigenvalue weighted by Crippen LogP contribution is -2.46. The molecule has 1 heterocycles. The van der Waals surface area contributed by atoms with Crippen LogP contribution in [-0.2, 0) is 18.9 Å². The fourth-order valence-corrected chi connectivity index (χ4v) is 1.68. The molecule has 0 atom stereocenters. The molecule has 0 saturated carbocycles. The van der Waals surface area contributed by atoms with Crippen molar-refractivity contribution in [2.45, 2.75) is 0 Å². The summed E-state index contributed by atoms with van der Waals surface area (Å²) in [5.74, 6) is -1.21. The summed E-state index contributed by atoms with van der Waals surface area (Å²) in [6.07, 6.45) is 0. The Balaban J connectivity index is 2.16. The molecule has 0 spiro atoms. The summed E-state index contributed by atoms with van der Waals surface area (Å²) < 4.78 is 9.75. The normalized spacial score (nSPS) is 17.2. The second-order valence-corrected chi connectivity index (χ2v) is 4.21. The molecule has 0 aromatic heterocycles. The van der Waals surface area contributed by atoms with Crippen LogP contribution in [0.1, 0.15) is 10.4 Å². The monoisotopic (exact) mass is 261 g/mol. The van der Waals surface area contributed by atoms with Crippen molar-refractivity contribution in [3.05, 3.63) is 35.9 Å². The highest BCUT2D eigenvalue weighted by Crippen LogP contribution is 2.08. The van der Waals surface area contributed by atoms with E-state index in [-0.39, 0.29) is 13.1 Å². The van der Waals surface area contributed by atoms with Crippen LogP contribution in [0.3, 0.4) is 0 Å². The molecule has 1 aliphatic heterocycles. The lowest BCUT2D eigenvalue weighted by Gasteiger charge is -2.21. The second kappa shape index (κ2) is 5.66. The third-order valence-corrected chi connectivity index (χ3v) is 2.55. The Morgan fingerprint density at radius 1 is 1.11 bits per heavy atom. The zero-order valence-electron chi connectivity index (χ0n) is 10.4. The number of likely N-dealkylation sites (N-methyl/N-ethyl adjacent to an activating group) is 1. The van der Waals surface area contributed by atoms with Crippen LogP contribution in [-0.4, -0.2) is 49.8 Å². The predicted molar refractivity (Wildman–Crippen MR) is 66.2 cm³/mol. The standard InChI is InChI=1S/C12H12BNO5/c1-14-7-10(15)18-13(19-11(16)8-14)12(17)9-5-3-2-4-6-9/h2-6H,7-8H2,1H3. The van der Waals surface area contributed by atoms with Crippen molar-refractivity contribution in [2.75, 3.05) is 20.1 Å². The minimum absolute atomic E-state index is 0.0618. The first kappa shape index (κ1) is 13.3. The molecule has 7 heteroatoms. The first-order chi connectivity index (χ1) is 9.06. The maximum Gasteiger partial charge on any atom is 0.680 e. The van der Waals surface area contributed by atoms with Gasteiger partial charge in [-0.2, -0.15) is 0 Å². The van der Waals surface area contributed by atoms with Crippen LogP contribution in [0.15, 0.2) is 30.3 Å². The van der Waals surface area contributed by atoms with E-state index in [0.717, 1.165) is 0 Å². The van der Waals surface area contributed by atoms with Crippen LogP contribution in [0.2, 0.25) is 0 Å². The van der Waals surface area contributed by atoms with E-state index < -0.39 is 24.7 Å². The average molecular weight is 261 g/mol. The summed E-state index contributed by atoms with van der Waals surface area (Å²) in [7, 11) is 0.0816. The molecular formula is C12H12BNO5. The zero-order chi connectivity index (χ0) is 13.8. The number of hydrogen-bond acceptors (Lipinski definition) is 6. The van der Waals surface area contributed by atoms with E-state index in [1.165, 1.54) is 4.90 Å². The van der Waals surface area contributed by atoms with Crippen molar-refractivity contribution in [3.63, 3.8) is 0 Å². The molecule has 1 fully saturated rings. The molecule has 1 aliphatic rings. The summed E-state index contributed by atoms with van der Waals surface area (Å²) in [5.41, 5.74) is -0.228. The Morgan fingerprint density at radius 3 is 2.16 bits per heavy atom. The molecule has 0 radical (unpaired) electrons. The molecule has 0 bridgehead atoms. The predicted octanol–water partition coefficient (Wildman–Crippen LogP) is -0.0715. The molecule has 6 nitrogen and oxygen atoms in total. The minimum Gasteiger partial charge on any atom is -0.492 e. The summed E-state index contributed by atoms with van der Waals surface area (Å²) in [6.45, 7) is -0.124. The van der Waals surface area contributed by atoms with E-state index >= 15 is 0 Å². The van der Waals surface area contributed by atoms with Gasteiger partial charge in [-0.15, -0.1) is 0 Å². The van der Waals surface area contributed by atoms with E-state index in [0.29, 0.717) is 5.56 Å². The van der Waals surface area contributed by atoms with Crippen LogP contribution in [0.4, 0.5) is 0 Å². The largest absolute Gasteiger partial charge is 0.680 e. The molecule has 2 rings (SSSR count). The van der Waals surface area contributed by atoms with Crippen molar-refractivity contribution in [3.8, 4) is 0 Å². The third-order valence-electron chi connectivity index (χ3n) is 2.55. The number of carbonyl (C=O) groups is 3. The third kappa shape index (κ3) is 3.41. The van der Waals surface area contributed by atoms with Crippen LogP contribution < -0.4 is 0 Å². The van der Waals surface area contributed by atoms with Gasteiger partial charge in [0.25, 0.3) is 0 Å². The highest BCUT2D eigenvalue weighted by atomic mass is 16.6. The van der Waals surface area contributed by atoms with Gasteiger partial charge in [0, 0.05) is 5.56 Å². The number of carbonyl (C=O) groups excluding carboxylic acids is 3. The Hall–Kier alpha value is -2.15. The molecule has 0 N–H and O–H groups in total. The van der Waals surface area contributed by atoms with E-state index in [4.69, 9.17) is 9.31 Å². The number of rotatable bonds is 2. The van der Waals surface area contributed by atoms with Crippen LogP contribution >= 0.6 is 0 Å². The van der Waals surface area contributed by atoms with Gasteiger partial charge in [-0.3, -0.25) is 19.3 Å². The van der Waals surface area contributed by atoms with Crippen molar-refractivity contribution in [1.82, 2.24) is 4.90 Å². The smallest absolute Gasteiger partial charge is 0.492 e. The van der Waals surface area contributed by atoms with E-state index in [9.17, 15) is 14.4 Å². The second-order valence-electron chi connectivity index (χ2n) is 4.21. The lowest BCUT2D eigenvalue weighted by atomic mass is 9.78. The van der Waals surface area contributed by atoms with Gasteiger partial charge in [0.15, 0.2) is 0 Å². The van der Waals surface area contributed by atoms with Crippen LogP contribution in [0.5, 0.6) is 0 Å². The molecule has 1 aromatic carbocycles. The first-order valence-electron chi connectivity index (χ1n) is 5.73. The number of hydrogen-bond donors (Lipinski definition) is 0. The summed E-state index contributed by atoms with van der Waals surface area (Å²) in [5, 5.41) is 0. The van der Waals surface area contributed by atoms with E-state index in [1.54, 1.807) is 37.4 Å². The van der Waals surface area contributed by atoms with Gasteiger partial charge in [0.1, 0.15) is 0 Å². The van der Waals surface area contributed by atoms with E-state index in [1.807, 2.05) is 0 Å². The summed E-state index contributed by atoms with van der Waals surface area (Å²) in [6, 6.07) is 8.23. The van der Waals surface area contributed by atoms with Gasteiger partial charge in [0.05, 0.1) is 13.1 Å². The average Bonchev–Trinajstić information content (AvgIpc) is 2.36. The van der Waals surface area contributed by atoms with Gasteiger partial charge in [-0.25, -0.2) is 0 Å². The lowest BCUT2D eigenvalue weighted by molar-refractivity contribution is -0.145. The van der Waals surface area contributed by atoms with Gasteiger partial charge in [-0.1, -0.05) is 30.3 Å². The molecule has 98 valence electrons. The molecule has 0 aliphatic carbocycles. The topological polar surface area (TPSA) is 72.9 Å². The molecular weight excluding hydrogens is 249 g/mol. The van der Waals surface area contributed by atoms with Crippen LogP contribution in [0, 0.1) is 0 Å². The van der Waals surface area contributed by atoms with Crippen molar-refractivity contribution < 1.29 is 23.7 Å². The zero-order valence-corrected chi connectivity index (χ0v) is 10.4. The molecule has 0 amide bonds. The van der Waals surface area contributed by atoms with Gasteiger partial charge >= 0.3 is 19.1 Å². The Labute approximate surface area is 110 Å². The Bertz CT molecular complexity index is 484. The van der Waals surface area contributed by atoms with Crippen molar-refractivity contribution in [2.24, 2.45) is 0 Å². The highest BCUT2D eigenvalue weighted by molar-refractivity contribution is 6.85. The number of benzene rings is 1. The van der Waals surface area contributed by atoms with Crippen molar-refractivity contribution >= 4 is 24.7 Å². The summed E-state index contributed by atoms with van der Waals surface area (Å²) >= 11 is 0. The van der Waals surface area contributed by atoms with Crippen molar-refractivity contribution in [1.29, 1.82) is 0 Å². The maximum absolute atomic E-state index is 12.1. The van der Waals surface area contributed by atoms with E-state index in [2.05, 4.69) is 0 Å². The number of nitrogens with zero attached hydrogens (tertiary/aromatic N) is 1. The molecule has 19 heavy (non-hydrogen) atoms. The van der Waals surface area contributed by atoms with Gasteiger partial charge in [-0.05, 0) is 7.05 Å². The maximum atomic E-state index is 12.1. The fourth-order valence-electron chi connectivity index (χ4n) is 1.68.